The summed E-state index contributed by atoms with van der Waals surface area (Å²) < 4.78 is 28.3. The number of sulfonamides is 1. The van der Waals surface area contributed by atoms with E-state index < -0.39 is 10.0 Å². The van der Waals surface area contributed by atoms with Gasteiger partial charge in [0.15, 0.2) is 0 Å². The maximum atomic E-state index is 12.7. The minimum absolute atomic E-state index is 0.279. The lowest BCUT2D eigenvalue weighted by atomic mass is 9.97. The average Bonchev–Trinajstić information content (AvgIpc) is 2.44. The van der Waals surface area contributed by atoms with Crippen LogP contribution in [-0.2, 0) is 10.0 Å². The molecule has 23 heavy (non-hydrogen) atoms. The first kappa shape index (κ1) is 17.7. The Kier molecular flexibility index (Phi) is 4.97. The van der Waals surface area contributed by atoms with Gasteiger partial charge in [-0.05, 0) is 81.0 Å². The highest BCUT2D eigenvalue weighted by atomic mass is 32.2. The quantitative estimate of drug-likeness (QED) is 0.909. The molecule has 0 saturated carbocycles. The summed E-state index contributed by atoms with van der Waals surface area (Å²) >= 11 is 0. The third kappa shape index (κ3) is 3.82. The highest BCUT2D eigenvalue weighted by Gasteiger charge is 2.21. The smallest absolute Gasteiger partial charge is 0.207 e. The van der Waals surface area contributed by atoms with Crippen LogP contribution in [0, 0.1) is 34.6 Å². The maximum absolute atomic E-state index is 12.7. The average molecular weight is 331 g/mol. The second kappa shape index (κ2) is 6.46. The molecule has 1 atom stereocenters. The molecule has 0 aromatic heterocycles. The van der Waals surface area contributed by atoms with Crippen LogP contribution in [0.5, 0.6) is 0 Å². The van der Waals surface area contributed by atoms with Crippen LogP contribution in [0.15, 0.2) is 35.2 Å². The molecule has 0 heterocycles. The summed E-state index contributed by atoms with van der Waals surface area (Å²) in [5.74, 6) is 0. The van der Waals surface area contributed by atoms with Crippen LogP contribution in [0.3, 0.4) is 0 Å². The lowest BCUT2D eigenvalue weighted by Gasteiger charge is -2.19. The molecule has 0 fully saturated rings. The van der Waals surface area contributed by atoms with E-state index in [-0.39, 0.29) is 6.04 Å². The van der Waals surface area contributed by atoms with Crippen molar-refractivity contribution in [1.29, 1.82) is 0 Å². The zero-order chi connectivity index (χ0) is 17.4. The topological polar surface area (TPSA) is 46.2 Å². The zero-order valence-corrected chi connectivity index (χ0v) is 15.5. The van der Waals surface area contributed by atoms with Gasteiger partial charge in [-0.2, -0.15) is 0 Å². The van der Waals surface area contributed by atoms with Gasteiger partial charge in [-0.25, -0.2) is 13.1 Å². The number of nitrogens with one attached hydrogen (secondary N) is 1. The number of rotatable bonds is 4. The summed E-state index contributed by atoms with van der Waals surface area (Å²) in [6, 6.07) is 9.38. The van der Waals surface area contributed by atoms with E-state index in [2.05, 4.69) is 23.8 Å². The molecule has 0 amide bonds. The van der Waals surface area contributed by atoms with E-state index in [1.807, 2.05) is 46.8 Å². The molecule has 0 saturated heterocycles. The standard InChI is InChI=1S/C19H25NO2S/c1-12-7-8-13(2)19(9-12)23(21,22)20-17(6)18-11-15(4)14(3)10-16(18)5/h7-11,17,20H,1-6H3. The van der Waals surface area contributed by atoms with Gasteiger partial charge >= 0.3 is 0 Å². The van der Waals surface area contributed by atoms with Crippen molar-refractivity contribution in [3.05, 3.63) is 63.7 Å². The summed E-state index contributed by atoms with van der Waals surface area (Å²) in [7, 11) is -3.55. The number of hydrogen-bond donors (Lipinski definition) is 1. The molecule has 0 aliphatic carbocycles. The molecule has 124 valence electrons. The van der Waals surface area contributed by atoms with Gasteiger partial charge in [0.05, 0.1) is 4.90 Å². The first-order valence-electron chi connectivity index (χ1n) is 7.79. The van der Waals surface area contributed by atoms with Gasteiger partial charge in [0.1, 0.15) is 0 Å². The second-order valence-corrected chi connectivity index (χ2v) is 8.09. The molecule has 0 bridgehead atoms. The van der Waals surface area contributed by atoms with Crippen molar-refractivity contribution < 1.29 is 8.42 Å². The summed E-state index contributed by atoms with van der Waals surface area (Å²) in [5.41, 5.74) is 6.20. The predicted octanol–water partition coefficient (Wildman–Crippen LogP) is 4.27. The van der Waals surface area contributed by atoms with Crippen LogP contribution in [0.25, 0.3) is 0 Å². The van der Waals surface area contributed by atoms with Crippen molar-refractivity contribution in [1.82, 2.24) is 4.72 Å². The molecule has 1 unspecified atom stereocenters. The minimum Gasteiger partial charge on any atom is -0.207 e. The van der Waals surface area contributed by atoms with E-state index in [0.29, 0.717) is 4.90 Å². The number of aryl methyl sites for hydroxylation is 5. The van der Waals surface area contributed by atoms with Crippen LogP contribution in [0.4, 0.5) is 0 Å². The van der Waals surface area contributed by atoms with Crippen LogP contribution < -0.4 is 4.72 Å². The lowest BCUT2D eigenvalue weighted by Crippen LogP contribution is -2.28. The highest BCUT2D eigenvalue weighted by Crippen LogP contribution is 2.24. The maximum Gasteiger partial charge on any atom is 0.241 e. The van der Waals surface area contributed by atoms with Crippen LogP contribution in [-0.4, -0.2) is 8.42 Å². The minimum atomic E-state index is -3.55. The van der Waals surface area contributed by atoms with Crippen molar-refractivity contribution in [2.75, 3.05) is 0 Å². The monoisotopic (exact) mass is 331 g/mol. The largest absolute Gasteiger partial charge is 0.241 e. The summed E-state index contributed by atoms with van der Waals surface area (Å²) in [4.78, 5) is 0.353. The van der Waals surface area contributed by atoms with Gasteiger partial charge in [0.2, 0.25) is 10.0 Å². The molecule has 2 aromatic rings. The fraction of sp³-hybridized carbons (Fsp3) is 0.368. The molecule has 0 aliphatic heterocycles. The van der Waals surface area contributed by atoms with Gasteiger partial charge < -0.3 is 0 Å². The van der Waals surface area contributed by atoms with Gasteiger partial charge in [-0.1, -0.05) is 24.3 Å². The van der Waals surface area contributed by atoms with Crippen molar-refractivity contribution in [2.24, 2.45) is 0 Å². The van der Waals surface area contributed by atoms with Crippen LogP contribution in [0.1, 0.15) is 46.3 Å². The van der Waals surface area contributed by atoms with E-state index in [0.717, 1.165) is 22.3 Å². The van der Waals surface area contributed by atoms with Crippen LogP contribution in [0.2, 0.25) is 0 Å². The zero-order valence-electron chi connectivity index (χ0n) is 14.7. The predicted molar refractivity (Wildman–Crippen MR) is 95.3 cm³/mol. The van der Waals surface area contributed by atoms with Gasteiger partial charge in [-0.3, -0.25) is 0 Å². The first-order valence-corrected chi connectivity index (χ1v) is 9.27. The van der Waals surface area contributed by atoms with Crippen molar-refractivity contribution in [3.63, 3.8) is 0 Å². The SMILES string of the molecule is Cc1ccc(C)c(S(=O)(=O)NC(C)c2cc(C)c(C)cc2C)c1. The Bertz CT molecular complexity index is 839. The summed E-state index contributed by atoms with van der Waals surface area (Å²) in [6.45, 7) is 11.7. The van der Waals surface area contributed by atoms with Crippen molar-refractivity contribution in [3.8, 4) is 0 Å². The van der Waals surface area contributed by atoms with Gasteiger partial charge in [0, 0.05) is 6.04 Å². The molecular formula is C19H25NO2S. The molecule has 3 nitrogen and oxygen atoms in total. The van der Waals surface area contributed by atoms with Crippen molar-refractivity contribution in [2.45, 2.75) is 52.5 Å². The second-order valence-electron chi connectivity index (χ2n) is 6.40. The fourth-order valence-electron chi connectivity index (χ4n) is 2.81. The molecule has 1 N–H and O–H groups in total. The normalized spacial score (nSPS) is 13.1. The van der Waals surface area contributed by atoms with E-state index in [4.69, 9.17) is 0 Å². The Hall–Kier alpha value is -1.65. The lowest BCUT2D eigenvalue weighted by molar-refractivity contribution is 0.565. The van der Waals surface area contributed by atoms with E-state index >= 15 is 0 Å². The van der Waals surface area contributed by atoms with Gasteiger partial charge in [0.25, 0.3) is 0 Å². The number of hydrogen-bond acceptors (Lipinski definition) is 2. The molecule has 4 heteroatoms. The molecule has 0 aliphatic rings. The van der Waals surface area contributed by atoms with Crippen LogP contribution >= 0.6 is 0 Å². The van der Waals surface area contributed by atoms with E-state index in [1.165, 1.54) is 11.1 Å². The summed E-state index contributed by atoms with van der Waals surface area (Å²) in [5, 5.41) is 0. The Balaban J connectivity index is 2.37. The molecule has 0 spiro atoms. The van der Waals surface area contributed by atoms with Crippen molar-refractivity contribution >= 4 is 10.0 Å². The fourth-order valence-corrected chi connectivity index (χ4v) is 4.36. The molecular weight excluding hydrogens is 306 g/mol. The highest BCUT2D eigenvalue weighted by molar-refractivity contribution is 7.89. The molecule has 2 aromatic carbocycles. The number of benzene rings is 2. The van der Waals surface area contributed by atoms with Gasteiger partial charge in [-0.15, -0.1) is 0 Å². The summed E-state index contributed by atoms with van der Waals surface area (Å²) in [6.07, 6.45) is 0. The van der Waals surface area contributed by atoms with E-state index in [9.17, 15) is 8.42 Å². The Morgan fingerprint density at radius 1 is 0.826 bits per heavy atom. The molecule has 0 radical (unpaired) electrons. The molecule has 2 rings (SSSR count). The Morgan fingerprint density at radius 3 is 2.09 bits per heavy atom. The van der Waals surface area contributed by atoms with E-state index in [1.54, 1.807) is 6.07 Å². The Labute approximate surface area is 139 Å². The Morgan fingerprint density at radius 2 is 1.43 bits per heavy atom. The third-order valence-electron chi connectivity index (χ3n) is 4.31. The third-order valence-corrected chi connectivity index (χ3v) is 6.00. The first-order chi connectivity index (χ1) is 10.6.